The molecule has 0 saturated carbocycles. The number of hydrogen-bond donors (Lipinski definition) is 2. The van der Waals surface area contributed by atoms with E-state index in [4.69, 9.17) is 0 Å². The summed E-state index contributed by atoms with van der Waals surface area (Å²) in [7, 11) is -3.74. The number of aliphatic imine (C=N–C) groups is 1. The number of hydrogen-bond acceptors (Lipinski definition) is 6. The van der Waals surface area contributed by atoms with Crippen LogP contribution in [0.1, 0.15) is 36.0 Å². The van der Waals surface area contributed by atoms with Gasteiger partial charge in [-0.25, -0.2) is 8.42 Å². The molecule has 0 unspecified atom stereocenters. The third-order valence-corrected chi connectivity index (χ3v) is 5.79. The normalized spacial score (nSPS) is 14.4. The minimum Gasteiger partial charge on any atom is -0.322 e. The van der Waals surface area contributed by atoms with E-state index in [1.54, 1.807) is 0 Å². The Morgan fingerprint density at radius 2 is 1.69 bits per heavy atom. The Bertz CT molecular complexity index is 1030. The molecular weight excluding hydrogens is 396 g/mol. The minimum atomic E-state index is -3.74. The number of amides is 1. The van der Waals surface area contributed by atoms with Gasteiger partial charge in [0.15, 0.2) is 0 Å². The summed E-state index contributed by atoms with van der Waals surface area (Å²) in [5.41, 5.74) is 0.543. The van der Waals surface area contributed by atoms with Gasteiger partial charge in [-0.1, -0.05) is 6.42 Å². The standard InChI is InChI=1S/C19H20N4O5S/c24-19(14-5-9-16(10-6-14)23(25)26)21-15-7-11-17(12-8-15)29(27,28)22-18-4-2-1-3-13-20-18/h5-12H,1-4,13H2,(H,20,22)(H,21,24). The molecule has 0 aliphatic carbocycles. The number of amidine groups is 1. The molecule has 1 aliphatic rings. The zero-order valence-electron chi connectivity index (χ0n) is 15.5. The monoisotopic (exact) mass is 416 g/mol. The largest absolute Gasteiger partial charge is 0.322 e. The molecule has 9 nitrogen and oxygen atoms in total. The Labute approximate surface area is 168 Å². The lowest BCUT2D eigenvalue weighted by atomic mass is 10.2. The van der Waals surface area contributed by atoms with E-state index in [2.05, 4.69) is 15.0 Å². The summed E-state index contributed by atoms with van der Waals surface area (Å²) in [6.45, 7) is 0.617. The van der Waals surface area contributed by atoms with Crippen LogP contribution in [0.5, 0.6) is 0 Å². The van der Waals surface area contributed by atoms with Crippen molar-refractivity contribution in [1.82, 2.24) is 4.72 Å². The van der Waals surface area contributed by atoms with Gasteiger partial charge >= 0.3 is 0 Å². The second kappa shape index (κ2) is 8.82. The van der Waals surface area contributed by atoms with E-state index in [0.717, 1.165) is 19.3 Å². The first-order valence-electron chi connectivity index (χ1n) is 9.07. The van der Waals surface area contributed by atoms with Crippen LogP contribution in [0, 0.1) is 10.1 Å². The summed E-state index contributed by atoms with van der Waals surface area (Å²) in [5, 5.41) is 13.3. The predicted molar refractivity (Wildman–Crippen MR) is 109 cm³/mol. The molecule has 0 bridgehead atoms. The maximum atomic E-state index is 12.5. The third-order valence-electron chi connectivity index (χ3n) is 4.39. The maximum absolute atomic E-state index is 12.5. The molecule has 2 N–H and O–H groups in total. The Balaban J connectivity index is 1.66. The Morgan fingerprint density at radius 3 is 2.34 bits per heavy atom. The van der Waals surface area contributed by atoms with Crippen LogP contribution < -0.4 is 10.0 Å². The van der Waals surface area contributed by atoms with Gasteiger partial charge in [-0.15, -0.1) is 0 Å². The molecule has 0 saturated heterocycles. The molecule has 0 fully saturated rings. The van der Waals surface area contributed by atoms with Gasteiger partial charge in [0.2, 0.25) is 0 Å². The summed E-state index contributed by atoms with van der Waals surface area (Å²) in [6.07, 6.45) is 3.48. The van der Waals surface area contributed by atoms with E-state index in [9.17, 15) is 23.3 Å². The molecule has 10 heteroatoms. The molecule has 3 rings (SSSR count). The van der Waals surface area contributed by atoms with E-state index in [1.807, 2.05) is 0 Å². The number of sulfonamides is 1. The fourth-order valence-electron chi connectivity index (χ4n) is 2.83. The van der Waals surface area contributed by atoms with Crippen molar-refractivity contribution in [2.24, 2.45) is 4.99 Å². The molecule has 2 aromatic rings. The van der Waals surface area contributed by atoms with Crippen molar-refractivity contribution in [1.29, 1.82) is 0 Å². The zero-order valence-corrected chi connectivity index (χ0v) is 16.3. The average Bonchev–Trinajstić information content (AvgIpc) is 2.96. The molecule has 29 heavy (non-hydrogen) atoms. The Kier molecular flexibility index (Phi) is 6.23. The van der Waals surface area contributed by atoms with E-state index in [0.29, 0.717) is 24.5 Å². The average molecular weight is 416 g/mol. The van der Waals surface area contributed by atoms with Crippen LogP contribution in [-0.4, -0.2) is 31.6 Å². The van der Waals surface area contributed by atoms with Crippen molar-refractivity contribution in [3.63, 3.8) is 0 Å². The summed E-state index contributed by atoms with van der Waals surface area (Å²) < 4.78 is 27.6. The van der Waals surface area contributed by atoms with E-state index in [-0.39, 0.29) is 16.1 Å². The van der Waals surface area contributed by atoms with Crippen LogP contribution >= 0.6 is 0 Å². The van der Waals surface area contributed by atoms with Gasteiger partial charge in [0, 0.05) is 36.3 Å². The number of nitrogens with zero attached hydrogens (tertiary/aromatic N) is 2. The van der Waals surface area contributed by atoms with Crippen LogP contribution in [0.4, 0.5) is 11.4 Å². The van der Waals surface area contributed by atoms with Gasteiger partial charge < -0.3 is 5.32 Å². The first kappa shape index (κ1) is 20.5. The highest BCUT2D eigenvalue weighted by atomic mass is 32.2. The molecule has 0 radical (unpaired) electrons. The fourth-order valence-corrected chi connectivity index (χ4v) is 3.92. The molecule has 1 amide bonds. The number of anilines is 1. The zero-order chi connectivity index (χ0) is 20.9. The number of carbonyl (C=O) groups excluding carboxylic acids is 1. The quantitative estimate of drug-likeness (QED) is 0.571. The van der Waals surface area contributed by atoms with Gasteiger partial charge in [-0.3, -0.25) is 24.6 Å². The van der Waals surface area contributed by atoms with Gasteiger partial charge in [-0.2, -0.15) is 0 Å². The molecule has 0 spiro atoms. The summed E-state index contributed by atoms with van der Waals surface area (Å²) in [4.78, 5) is 26.7. The van der Waals surface area contributed by atoms with E-state index < -0.39 is 20.9 Å². The number of nitro benzene ring substituents is 1. The summed E-state index contributed by atoms with van der Waals surface area (Å²) >= 11 is 0. The van der Waals surface area contributed by atoms with Crippen LogP contribution in [0.15, 0.2) is 58.4 Å². The van der Waals surface area contributed by atoms with Gasteiger partial charge in [-0.05, 0) is 49.2 Å². The van der Waals surface area contributed by atoms with Crippen LogP contribution in [0.3, 0.4) is 0 Å². The third kappa shape index (κ3) is 5.38. The second-order valence-electron chi connectivity index (χ2n) is 6.53. The molecule has 2 aromatic carbocycles. The Hall–Kier alpha value is -3.27. The maximum Gasteiger partial charge on any atom is 0.269 e. The number of non-ortho nitro benzene ring substituents is 1. The SMILES string of the molecule is O=C(Nc1ccc(S(=O)(=O)NC2=NCCCCC2)cc1)c1ccc([N+](=O)[O-])cc1. The smallest absolute Gasteiger partial charge is 0.269 e. The molecular formula is C19H20N4O5S. The number of carbonyl (C=O) groups is 1. The van der Waals surface area contributed by atoms with Gasteiger partial charge in [0.05, 0.1) is 9.82 Å². The van der Waals surface area contributed by atoms with Crippen molar-refractivity contribution in [3.8, 4) is 0 Å². The van der Waals surface area contributed by atoms with Crippen LogP contribution in [-0.2, 0) is 10.0 Å². The first-order chi connectivity index (χ1) is 13.8. The first-order valence-corrected chi connectivity index (χ1v) is 10.6. The lowest BCUT2D eigenvalue weighted by Crippen LogP contribution is -2.30. The van der Waals surface area contributed by atoms with E-state index >= 15 is 0 Å². The van der Waals surface area contributed by atoms with Gasteiger partial charge in [0.1, 0.15) is 5.84 Å². The Morgan fingerprint density at radius 1 is 1.00 bits per heavy atom. The molecule has 0 atom stereocenters. The lowest BCUT2D eigenvalue weighted by molar-refractivity contribution is -0.384. The van der Waals surface area contributed by atoms with E-state index in [1.165, 1.54) is 48.5 Å². The predicted octanol–water partition coefficient (Wildman–Crippen LogP) is 3.10. The number of benzene rings is 2. The van der Waals surface area contributed by atoms with Crippen LogP contribution in [0.25, 0.3) is 0 Å². The lowest BCUT2D eigenvalue weighted by Gasteiger charge is -2.10. The molecule has 0 aromatic heterocycles. The minimum absolute atomic E-state index is 0.0674. The van der Waals surface area contributed by atoms with Crippen LogP contribution in [0.2, 0.25) is 0 Å². The number of nitrogens with one attached hydrogen (secondary N) is 2. The number of nitro groups is 1. The molecule has 152 valence electrons. The number of rotatable bonds is 5. The van der Waals surface area contributed by atoms with Gasteiger partial charge in [0.25, 0.3) is 21.6 Å². The molecule has 1 heterocycles. The van der Waals surface area contributed by atoms with Crippen molar-refractivity contribution in [2.45, 2.75) is 30.6 Å². The fraction of sp³-hybridized carbons (Fsp3) is 0.263. The topological polar surface area (TPSA) is 131 Å². The summed E-state index contributed by atoms with van der Waals surface area (Å²) in [5.74, 6) is 0.0134. The van der Waals surface area contributed by atoms with Crippen molar-refractivity contribution >= 4 is 33.1 Å². The summed E-state index contributed by atoms with van der Waals surface area (Å²) in [6, 6.07) is 10.9. The van der Waals surface area contributed by atoms with Crippen molar-refractivity contribution in [2.75, 3.05) is 11.9 Å². The van der Waals surface area contributed by atoms with Crippen molar-refractivity contribution in [3.05, 3.63) is 64.2 Å². The molecule has 1 aliphatic heterocycles. The highest BCUT2D eigenvalue weighted by Gasteiger charge is 2.17. The highest BCUT2D eigenvalue weighted by molar-refractivity contribution is 7.90. The highest BCUT2D eigenvalue weighted by Crippen LogP contribution is 2.17. The van der Waals surface area contributed by atoms with Crippen molar-refractivity contribution < 1.29 is 18.1 Å². The second-order valence-corrected chi connectivity index (χ2v) is 8.21.